The summed E-state index contributed by atoms with van der Waals surface area (Å²) in [6.45, 7) is 1.46. The minimum atomic E-state index is -0.414. The second-order valence-electron chi connectivity index (χ2n) is 4.66. The predicted octanol–water partition coefficient (Wildman–Crippen LogP) is 0.731. The first kappa shape index (κ1) is 12.0. The first-order valence-corrected chi connectivity index (χ1v) is 6.26. The number of furan rings is 1. The van der Waals surface area contributed by atoms with E-state index < -0.39 is 6.10 Å². The molecule has 1 amide bonds. The Labute approximate surface area is 110 Å². The number of carbonyl (C=O) groups is 1. The van der Waals surface area contributed by atoms with Crippen LogP contribution in [0.3, 0.4) is 0 Å². The summed E-state index contributed by atoms with van der Waals surface area (Å²) < 4.78 is 7.26. The van der Waals surface area contributed by atoms with Gasteiger partial charge in [-0.25, -0.2) is 0 Å². The molecule has 1 N–H and O–H groups in total. The normalized spacial score (nSPS) is 19.0. The zero-order chi connectivity index (χ0) is 13.2. The lowest BCUT2D eigenvalue weighted by Gasteiger charge is -2.13. The highest BCUT2D eigenvalue weighted by Crippen LogP contribution is 2.16. The maximum absolute atomic E-state index is 12.1. The molecule has 0 aromatic carbocycles. The number of β-amino-alcohol motifs (C(OH)–C–C–N with tert-alkyl or cyclic N) is 1. The highest BCUT2D eigenvalue weighted by molar-refractivity contribution is 5.91. The molecule has 0 bridgehead atoms. The molecular formula is C13H15N3O3. The molecule has 1 fully saturated rings. The van der Waals surface area contributed by atoms with Crippen LogP contribution in [0.2, 0.25) is 0 Å². The quantitative estimate of drug-likeness (QED) is 0.884. The van der Waals surface area contributed by atoms with E-state index in [1.54, 1.807) is 27.9 Å². The molecule has 0 spiro atoms. The molecule has 2 aromatic heterocycles. The molecule has 1 saturated heterocycles. The van der Waals surface area contributed by atoms with Gasteiger partial charge in [-0.1, -0.05) is 0 Å². The van der Waals surface area contributed by atoms with Crippen LogP contribution in [0.25, 0.3) is 0 Å². The lowest BCUT2D eigenvalue weighted by molar-refractivity contribution is 0.0731. The Morgan fingerprint density at radius 1 is 1.53 bits per heavy atom. The van der Waals surface area contributed by atoms with E-state index in [2.05, 4.69) is 5.10 Å². The van der Waals surface area contributed by atoms with Crippen LogP contribution in [0.4, 0.5) is 0 Å². The zero-order valence-corrected chi connectivity index (χ0v) is 10.4. The third kappa shape index (κ3) is 2.53. The summed E-state index contributed by atoms with van der Waals surface area (Å²) in [5, 5.41) is 13.5. The summed E-state index contributed by atoms with van der Waals surface area (Å²) in [6, 6.07) is 5.29. The van der Waals surface area contributed by atoms with E-state index in [0.717, 1.165) is 0 Å². The summed E-state index contributed by atoms with van der Waals surface area (Å²) in [5.41, 5.74) is 0. The Bertz CT molecular complexity index is 561. The van der Waals surface area contributed by atoms with Crippen LogP contribution in [-0.4, -0.2) is 44.9 Å². The predicted molar refractivity (Wildman–Crippen MR) is 66.6 cm³/mol. The van der Waals surface area contributed by atoms with Gasteiger partial charge in [0.2, 0.25) is 0 Å². The number of hydrogen-bond acceptors (Lipinski definition) is 4. The molecule has 3 rings (SSSR count). The standard InChI is InChI=1S/C13H15N3O3/c17-10-4-7-15(8-10)13(18)12-3-2-11(19-12)9-16-6-1-5-14-16/h1-3,5-6,10,17H,4,7-9H2. The van der Waals surface area contributed by atoms with E-state index in [1.807, 2.05) is 12.3 Å². The lowest BCUT2D eigenvalue weighted by Crippen LogP contribution is -2.29. The molecule has 0 saturated carbocycles. The van der Waals surface area contributed by atoms with Gasteiger partial charge < -0.3 is 14.4 Å². The number of carbonyl (C=O) groups excluding carboxylic acids is 1. The van der Waals surface area contributed by atoms with Gasteiger partial charge in [-0.2, -0.15) is 5.10 Å². The Balaban J connectivity index is 1.69. The maximum Gasteiger partial charge on any atom is 0.289 e. The minimum absolute atomic E-state index is 0.164. The Morgan fingerprint density at radius 2 is 2.42 bits per heavy atom. The average Bonchev–Trinajstić information content (AvgIpc) is 3.10. The number of hydrogen-bond donors (Lipinski definition) is 1. The third-order valence-electron chi connectivity index (χ3n) is 3.20. The van der Waals surface area contributed by atoms with E-state index in [4.69, 9.17) is 4.42 Å². The molecule has 3 heterocycles. The molecule has 1 aliphatic rings. The van der Waals surface area contributed by atoms with Crippen molar-refractivity contribution in [2.75, 3.05) is 13.1 Å². The van der Waals surface area contributed by atoms with E-state index >= 15 is 0 Å². The average molecular weight is 261 g/mol. The summed E-state index contributed by atoms with van der Waals surface area (Å²) in [4.78, 5) is 13.7. The van der Waals surface area contributed by atoms with Crippen LogP contribution in [0.5, 0.6) is 0 Å². The van der Waals surface area contributed by atoms with Crippen molar-refractivity contribution in [2.24, 2.45) is 0 Å². The van der Waals surface area contributed by atoms with E-state index in [9.17, 15) is 9.90 Å². The van der Waals surface area contributed by atoms with Gasteiger partial charge in [0.15, 0.2) is 5.76 Å². The highest BCUT2D eigenvalue weighted by atomic mass is 16.4. The fourth-order valence-corrected chi connectivity index (χ4v) is 2.21. The van der Waals surface area contributed by atoms with Crippen LogP contribution < -0.4 is 0 Å². The van der Waals surface area contributed by atoms with E-state index in [-0.39, 0.29) is 5.91 Å². The molecule has 100 valence electrons. The molecule has 6 heteroatoms. The number of aliphatic hydroxyl groups excluding tert-OH is 1. The largest absolute Gasteiger partial charge is 0.454 e. The van der Waals surface area contributed by atoms with Crippen molar-refractivity contribution in [3.8, 4) is 0 Å². The van der Waals surface area contributed by atoms with Gasteiger partial charge in [0, 0.05) is 25.5 Å². The third-order valence-corrected chi connectivity index (χ3v) is 3.20. The fraction of sp³-hybridized carbons (Fsp3) is 0.385. The topological polar surface area (TPSA) is 71.5 Å². The molecular weight excluding hydrogens is 246 g/mol. The molecule has 2 aromatic rings. The second kappa shape index (κ2) is 4.89. The van der Waals surface area contributed by atoms with Gasteiger partial charge >= 0.3 is 0 Å². The minimum Gasteiger partial charge on any atom is -0.454 e. The Kier molecular flexibility index (Phi) is 3.08. The zero-order valence-electron chi connectivity index (χ0n) is 10.4. The fourth-order valence-electron chi connectivity index (χ4n) is 2.21. The maximum atomic E-state index is 12.1. The highest BCUT2D eigenvalue weighted by Gasteiger charge is 2.27. The van der Waals surface area contributed by atoms with Gasteiger partial charge in [0.1, 0.15) is 5.76 Å². The van der Waals surface area contributed by atoms with Gasteiger partial charge in [-0.3, -0.25) is 9.48 Å². The van der Waals surface area contributed by atoms with Crippen molar-refractivity contribution in [3.05, 3.63) is 42.1 Å². The first-order valence-electron chi connectivity index (χ1n) is 6.26. The van der Waals surface area contributed by atoms with Crippen LogP contribution in [0.15, 0.2) is 35.0 Å². The lowest BCUT2D eigenvalue weighted by atomic mass is 10.3. The molecule has 0 aliphatic carbocycles. The van der Waals surface area contributed by atoms with Gasteiger partial charge in [-0.15, -0.1) is 0 Å². The molecule has 6 nitrogen and oxygen atoms in total. The van der Waals surface area contributed by atoms with Gasteiger partial charge in [0.25, 0.3) is 5.91 Å². The SMILES string of the molecule is O=C(c1ccc(Cn2cccn2)o1)N1CCC(O)C1. The van der Waals surface area contributed by atoms with Crippen LogP contribution in [-0.2, 0) is 6.54 Å². The molecule has 1 aliphatic heterocycles. The smallest absolute Gasteiger partial charge is 0.289 e. The number of rotatable bonds is 3. The molecule has 19 heavy (non-hydrogen) atoms. The molecule has 0 radical (unpaired) electrons. The van der Waals surface area contributed by atoms with Crippen molar-refractivity contribution < 1.29 is 14.3 Å². The van der Waals surface area contributed by atoms with Crippen molar-refractivity contribution >= 4 is 5.91 Å². The Hall–Kier alpha value is -2.08. The first-order chi connectivity index (χ1) is 9.22. The summed E-state index contributed by atoms with van der Waals surface area (Å²) in [5.74, 6) is 0.839. The van der Waals surface area contributed by atoms with Gasteiger partial charge in [0.05, 0.1) is 12.6 Å². The van der Waals surface area contributed by atoms with E-state index in [0.29, 0.717) is 37.6 Å². The van der Waals surface area contributed by atoms with Crippen molar-refractivity contribution in [2.45, 2.75) is 19.1 Å². The van der Waals surface area contributed by atoms with Crippen molar-refractivity contribution in [1.82, 2.24) is 14.7 Å². The monoisotopic (exact) mass is 261 g/mol. The number of amides is 1. The van der Waals surface area contributed by atoms with Crippen LogP contribution in [0.1, 0.15) is 22.7 Å². The Morgan fingerprint density at radius 3 is 3.11 bits per heavy atom. The number of aliphatic hydroxyl groups is 1. The van der Waals surface area contributed by atoms with Crippen molar-refractivity contribution in [3.63, 3.8) is 0 Å². The summed E-state index contributed by atoms with van der Waals surface area (Å²) in [6.07, 6.45) is 3.75. The molecule has 1 atom stereocenters. The van der Waals surface area contributed by atoms with Crippen LogP contribution >= 0.6 is 0 Å². The second-order valence-corrected chi connectivity index (χ2v) is 4.66. The number of aromatic nitrogens is 2. The molecule has 1 unspecified atom stereocenters. The number of likely N-dealkylation sites (tertiary alicyclic amines) is 1. The number of nitrogens with zero attached hydrogens (tertiary/aromatic N) is 3. The van der Waals surface area contributed by atoms with Gasteiger partial charge in [-0.05, 0) is 24.6 Å². The van der Waals surface area contributed by atoms with Crippen LogP contribution in [0, 0.1) is 0 Å². The summed E-state index contributed by atoms with van der Waals surface area (Å²) >= 11 is 0. The van der Waals surface area contributed by atoms with Crippen molar-refractivity contribution in [1.29, 1.82) is 0 Å². The van der Waals surface area contributed by atoms with E-state index in [1.165, 1.54) is 0 Å². The summed E-state index contributed by atoms with van der Waals surface area (Å²) in [7, 11) is 0.